The van der Waals surface area contributed by atoms with Crippen molar-refractivity contribution in [3.63, 3.8) is 0 Å². The molecule has 0 saturated heterocycles. The molecule has 0 radical (unpaired) electrons. The summed E-state index contributed by atoms with van der Waals surface area (Å²) in [6.07, 6.45) is -3.93. The summed E-state index contributed by atoms with van der Waals surface area (Å²) in [7, 11) is 0. The lowest BCUT2D eigenvalue weighted by molar-refractivity contribution is -0.137. The van der Waals surface area contributed by atoms with Gasteiger partial charge in [-0.15, -0.1) is 0 Å². The molecule has 0 aliphatic heterocycles. The number of benzene rings is 1. The SMILES string of the molecule is Cc1nn(-c2nc(C)c(C)c(=O)[nH]2)c(C)c1CCC(=O)Nc1ccc(C(F)(F)F)cc1. The summed E-state index contributed by atoms with van der Waals surface area (Å²) in [5.74, 6) is -0.0295. The van der Waals surface area contributed by atoms with Gasteiger partial charge >= 0.3 is 6.18 Å². The number of anilines is 1. The van der Waals surface area contributed by atoms with Gasteiger partial charge in [-0.1, -0.05) is 0 Å². The van der Waals surface area contributed by atoms with Crippen LogP contribution in [0.3, 0.4) is 0 Å². The Kier molecular flexibility index (Phi) is 6.01. The van der Waals surface area contributed by atoms with E-state index in [-0.39, 0.29) is 17.9 Å². The number of carbonyl (C=O) groups is 1. The average Bonchev–Trinajstić information content (AvgIpc) is 2.97. The molecule has 31 heavy (non-hydrogen) atoms. The average molecular weight is 433 g/mol. The van der Waals surface area contributed by atoms with Crippen LogP contribution in [0.4, 0.5) is 18.9 Å². The second-order valence-corrected chi connectivity index (χ2v) is 7.28. The van der Waals surface area contributed by atoms with Crippen LogP contribution in [0, 0.1) is 27.7 Å². The fraction of sp³-hybridized carbons (Fsp3) is 0.333. The van der Waals surface area contributed by atoms with Crippen LogP contribution in [-0.4, -0.2) is 25.7 Å². The summed E-state index contributed by atoms with van der Waals surface area (Å²) in [5, 5.41) is 7.03. The molecular weight excluding hydrogens is 411 g/mol. The number of carbonyl (C=O) groups excluding carboxylic acids is 1. The summed E-state index contributed by atoms with van der Waals surface area (Å²) in [6.45, 7) is 7.04. The van der Waals surface area contributed by atoms with Gasteiger partial charge < -0.3 is 5.32 Å². The molecule has 0 atom stereocenters. The number of hydrogen-bond acceptors (Lipinski definition) is 4. The van der Waals surface area contributed by atoms with Crippen LogP contribution in [0.25, 0.3) is 5.95 Å². The largest absolute Gasteiger partial charge is 0.416 e. The van der Waals surface area contributed by atoms with E-state index in [2.05, 4.69) is 20.4 Å². The van der Waals surface area contributed by atoms with Gasteiger partial charge in [0, 0.05) is 29.1 Å². The number of aryl methyl sites for hydroxylation is 2. The molecule has 1 amide bonds. The third-order valence-corrected chi connectivity index (χ3v) is 5.12. The molecule has 0 fully saturated rings. The van der Waals surface area contributed by atoms with Crippen molar-refractivity contribution in [3.05, 3.63) is 68.4 Å². The molecule has 3 rings (SSSR count). The van der Waals surface area contributed by atoms with Crippen LogP contribution in [0.2, 0.25) is 0 Å². The number of H-pyrrole nitrogens is 1. The van der Waals surface area contributed by atoms with E-state index in [1.165, 1.54) is 16.8 Å². The van der Waals surface area contributed by atoms with Crippen molar-refractivity contribution < 1.29 is 18.0 Å². The summed E-state index contributed by atoms with van der Waals surface area (Å²) >= 11 is 0. The van der Waals surface area contributed by atoms with Crippen LogP contribution < -0.4 is 10.9 Å². The van der Waals surface area contributed by atoms with Crippen LogP contribution in [0.1, 0.15) is 40.2 Å². The van der Waals surface area contributed by atoms with Gasteiger partial charge in [0.1, 0.15) is 0 Å². The maximum Gasteiger partial charge on any atom is 0.416 e. The predicted molar refractivity (Wildman–Crippen MR) is 109 cm³/mol. The zero-order valence-electron chi connectivity index (χ0n) is 17.5. The second kappa shape index (κ2) is 8.37. The number of nitrogens with zero attached hydrogens (tertiary/aromatic N) is 3. The Hall–Kier alpha value is -3.43. The van der Waals surface area contributed by atoms with E-state index in [1.807, 2.05) is 6.92 Å². The van der Waals surface area contributed by atoms with Crippen LogP contribution in [0.5, 0.6) is 0 Å². The smallest absolute Gasteiger partial charge is 0.326 e. The first-order valence-corrected chi connectivity index (χ1v) is 9.57. The summed E-state index contributed by atoms with van der Waals surface area (Å²) in [5.41, 5.74) is 2.68. The first kappa shape index (κ1) is 22.3. The second-order valence-electron chi connectivity index (χ2n) is 7.28. The number of alkyl halides is 3. The minimum Gasteiger partial charge on any atom is -0.326 e. The monoisotopic (exact) mass is 433 g/mol. The molecular formula is C21H22F3N5O2. The number of aromatic nitrogens is 4. The number of nitrogens with one attached hydrogen (secondary N) is 2. The lowest BCUT2D eigenvalue weighted by Gasteiger charge is -2.09. The van der Waals surface area contributed by atoms with E-state index in [0.717, 1.165) is 23.4 Å². The Bertz CT molecular complexity index is 1180. The first-order chi connectivity index (χ1) is 14.5. The minimum atomic E-state index is -4.42. The maximum atomic E-state index is 12.6. The normalized spacial score (nSPS) is 11.6. The Morgan fingerprint density at radius 2 is 1.74 bits per heavy atom. The topological polar surface area (TPSA) is 92.7 Å². The molecule has 0 bridgehead atoms. The fourth-order valence-electron chi connectivity index (χ4n) is 3.18. The Balaban J connectivity index is 1.71. The fourth-order valence-corrected chi connectivity index (χ4v) is 3.18. The van der Waals surface area contributed by atoms with Crippen molar-refractivity contribution in [3.8, 4) is 5.95 Å². The number of amides is 1. The van der Waals surface area contributed by atoms with E-state index in [0.29, 0.717) is 35.0 Å². The summed E-state index contributed by atoms with van der Waals surface area (Å²) in [4.78, 5) is 31.4. The van der Waals surface area contributed by atoms with E-state index >= 15 is 0 Å². The Morgan fingerprint density at radius 3 is 2.32 bits per heavy atom. The lowest BCUT2D eigenvalue weighted by atomic mass is 10.1. The van der Waals surface area contributed by atoms with Gasteiger partial charge in [0.2, 0.25) is 11.9 Å². The van der Waals surface area contributed by atoms with Gasteiger partial charge in [0.25, 0.3) is 5.56 Å². The molecule has 0 spiro atoms. The lowest BCUT2D eigenvalue weighted by Crippen LogP contribution is -2.18. The van der Waals surface area contributed by atoms with Crippen molar-refractivity contribution in [2.75, 3.05) is 5.32 Å². The summed E-state index contributed by atoms with van der Waals surface area (Å²) < 4.78 is 39.4. The highest BCUT2D eigenvalue weighted by Crippen LogP contribution is 2.29. The highest BCUT2D eigenvalue weighted by molar-refractivity contribution is 5.90. The molecule has 0 unspecified atom stereocenters. The third-order valence-electron chi connectivity index (χ3n) is 5.12. The molecule has 10 heteroatoms. The van der Waals surface area contributed by atoms with E-state index in [4.69, 9.17) is 0 Å². The van der Waals surface area contributed by atoms with Crippen LogP contribution >= 0.6 is 0 Å². The van der Waals surface area contributed by atoms with Crippen molar-refractivity contribution >= 4 is 11.6 Å². The van der Waals surface area contributed by atoms with Gasteiger partial charge in [-0.25, -0.2) is 9.67 Å². The van der Waals surface area contributed by atoms with Gasteiger partial charge in [0.05, 0.1) is 11.3 Å². The van der Waals surface area contributed by atoms with Gasteiger partial charge in [-0.2, -0.15) is 18.3 Å². The van der Waals surface area contributed by atoms with Crippen molar-refractivity contribution in [2.45, 2.75) is 46.7 Å². The molecule has 2 heterocycles. The van der Waals surface area contributed by atoms with E-state index < -0.39 is 11.7 Å². The minimum absolute atomic E-state index is 0.116. The zero-order valence-corrected chi connectivity index (χ0v) is 17.5. The van der Waals surface area contributed by atoms with Gasteiger partial charge in [-0.05, 0) is 63.9 Å². The Morgan fingerprint density at radius 1 is 1.10 bits per heavy atom. The van der Waals surface area contributed by atoms with Gasteiger partial charge in [0.15, 0.2) is 0 Å². The molecule has 2 aromatic heterocycles. The number of rotatable bonds is 5. The number of hydrogen-bond donors (Lipinski definition) is 2. The summed E-state index contributed by atoms with van der Waals surface area (Å²) in [6, 6.07) is 4.28. The first-order valence-electron chi connectivity index (χ1n) is 9.57. The van der Waals surface area contributed by atoms with Crippen molar-refractivity contribution in [1.82, 2.24) is 19.7 Å². The molecule has 7 nitrogen and oxygen atoms in total. The van der Waals surface area contributed by atoms with Crippen molar-refractivity contribution in [2.24, 2.45) is 0 Å². The van der Waals surface area contributed by atoms with E-state index in [1.54, 1.807) is 20.8 Å². The predicted octanol–water partition coefficient (Wildman–Crippen LogP) is 3.78. The third kappa shape index (κ3) is 4.84. The van der Waals surface area contributed by atoms with Crippen LogP contribution in [-0.2, 0) is 17.4 Å². The highest BCUT2D eigenvalue weighted by Gasteiger charge is 2.30. The molecule has 164 valence electrons. The Labute approximate surface area is 176 Å². The molecule has 1 aromatic carbocycles. The quantitative estimate of drug-likeness (QED) is 0.641. The molecule has 0 aliphatic carbocycles. The standard InChI is InChI=1S/C21H22F3N5O2/c1-11-12(2)25-20(27-19(11)31)29-14(4)17(13(3)28-29)9-10-18(30)26-16-7-5-15(6-8-16)21(22,23)24/h5-8H,9-10H2,1-4H3,(H,26,30)(H,25,27,31). The van der Waals surface area contributed by atoms with Crippen molar-refractivity contribution in [1.29, 1.82) is 0 Å². The number of halogens is 3. The molecule has 0 saturated carbocycles. The maximum absolute atomic E-state index is 12.6. The molecule has 3 aromatic rings. The molecule has 0 aliphatic rings. The molecule has 2 N–H and O–H groups in total. The number of aromatic amines is 1. The van der Waals surface area contributed by atoms with Gasteiger partial charge in [-0.3, -0.25) is 14.6 Å². The zero-order chi connectivity index (χ0) is 22.9. The van der Waals surface area contributed by atoms with Crippen LogP contribution in [0.15, 0.2) is 29.1 Å². The van der Waals surface area contributed by atoms with E-state index in [9.17, 15) is 22.8 Å². The highest BCUT2D eigenvalue weighted by atomic mass is 19.4.